The van der Waals surface area contributed by atoms with Crippen LogP contribution in [0.25, 0.3) is 11.1 Å². The third-order valence-corrected chi connectivity index (χ3v) is 3.51. The Labute approximate surface area is 109 Å². The fraction of sp³-hybridized carbons (Fsp3) is 0.294. The molecule has 1 aliphatic rings. The van der Waals surface area contributed by atoms with E-state index in [0.717, 1.165) is 12.6 Å². The van der Waals surface area contributed by atoms with E-state index < -0.39 is 0 Å². The largest absolute Gasteiger partial charge is 0.310 e. The van der Waals surface area contributed by atoms with Gasteiger partial charge in [0, 0.05) is 12.6 Å². The molecule has 0 saturated heterocycles. The second-order valence-electron chi connectivity index (χ2n) is 5.22. The third kappa shape index (κ3) is 2.80. The molecule has 2 aromatic rings. The van der Waals surface area contributed by atoms with E-state index >= 15 is 0 Å². The molecule has 1 heteroatoms. The van der Waals surface area contributed by atoms with Crippen LogP contribution in [0, 0.1) is 6.92 Å². The predicted molar refractivity (Wildman–Crippen MR) is 76.5 cm³/mol. The minimum Gasteiger partial charge on any atom is -0.310 e. The van der Waals surface area contributed by atoms with Gasteiger partial charge in [0.25, 0.3) is 0 Å². The van der Waals surface area contributed by atoms with Crippen molar-refractivity contribution in [3.63, 3.8) is 0 Å². The normalized spacial score (nSPS) is 14.7. The summed E-state index contributed by atoms with van der Waals surface area (Å²) in [5.41, 5.74) is 5.27. The molecule has 1 N–H and O–H groups in total. The van der Waals surface area contributed by atoms with Crippen molar-refractivity contribution in [3.05, 3.63) is 59.7 Å². The molecule has 0 radical (unpaired) electrons. The van der Waals surface area contributed by atoms with Gasteiger partial charge in [-0.3, -0.25) is 0 Å². The Bertz CT molecular complexity index is 506. The van der Waals surface area contributed by atoms with Crippen LogP contribution < -0.4 is 5.32 Å². The van der Waals surface area contributed by atoms with E-state index in [2.05, 4.69) is 60.8 Å². The Kier molecular flexibility index (Phi) is 3.16. The van der Waals surface area contributed by atoms with Gasteiger partial charge in [-0.25, -0.2) is 0 Å². The van der Waals surface area contributed by atoms with Gasteiger partial charge in [0.2, 0.25) is 0 Å². The summed E-state index contributed by atoms with van der Waals surface area (Å²) in [6.07, 6.45) is 2.70. The molecule has 0 spiro atoms. The Morgan fingerprint density at radius 3 is 2.00 bits per heavy atom. The maximum atomic E-state index is 3.54. The van der Waals surface area contributed by atoms with Crippen molar-refractivity contribution < 1.29 is 0 Å². The first-order chi connectivity index (χ1) is 8.81. The molecule has 0 aromatic heterocycles. The molecule has 0 unspecified atom stereocenters. The molecule has 3 rings (SSSR count). The van der Waals surface area contributed by atoms with E-state index in [1.807, 2.05) is 0 Å². The minimum absolute atomic E-state index is 0.779. The lowest BCUT2D eigenvalue weighted by Gasteiger charge is -2.06. The van der Waals surface area contributed by atoms with Crippen LogP contribution in [-0.4, -0.2) is 6.04 Å². The maximum Gasteiger partial charge on any atom is 0.0208 e. The number of benzene rings is 2. The lowest BCUT2D eigenvalue weighted by Crippen LogP contribution is -2.14. The molecule has 0 atom stereocenters. The average molecular weight is 237 g/mol. The SMILES string of the molecule is Cc1ccc(-c2ccc(CNC3CC3)cc2)cc1. The zero-order valence-electron chi connectivity index (χ0n) is 10.8. The highest BCUT2D eigenvalue weighted by molar-refractivity contribution is 5.63. The molecule has 1 saturated carbocycles. The van der Waals surface area contributed by atoms with Crippen LogP contribution >= 0.6 is 0 Å². The molecule has 92 valence electrons. The molecule has 0 amide bonds. The summed E-state index contributed by atoms with van der Waals surface area (Å²) in [5.74, 6) is 0. The highest BCUT2D eigenvalue weighted by Gasteiger charge is 2.19. The highest BCUT2D eigenvalue weighted by Crippen LogP contribution is 2.22. The fourth-order valence-corrected chi connectivity index (χ4v) is 2.11. The predicted octanol–water partition coefficient (Wildman–Crippen LogP) is 3.91. The third-order valence-electron chi connectivity index (χ3n) is 3.51. The molecule has 0 heterocycles. The zero-order valence-corrected chi connectivity index (χ0v) is 10.8. The molecule has 1 fully saturated rings. The van der Waals surface area contributed by atoms with Crippen molar-refractivity contribution in [3.8, 4) is 11.1 Å². The number of aryl methyl sites for hydroxylation is 1. The maximum absolute atomic E-state index is 3.54. The van der Waals surface area contributed by atoms with Crippen LogP contribution in [0.1, 0.15) is 24.0 Å². The number of rotatable bonds is 4. The van der Waals surface area contributed by atoms with Crippen molar-refractivity contribution in [1.82, 2.24) is 5.32 Å². The first-order valence-electron chi connectivity index (χ1n) is 6.71. The van der Waals surface area contributed by atoms with Crippen LogP contribution in [0.3, 0.4) is 0 Å². The first-order valence-corrected chi connectivity index (χ1v) is 6.71. The van der Waals surface area contributed by atoms with E-state index in [4.69, 9.17) is 0 Å². The summed E-state index contributed by atoms with van der Waals surface area (Å²) in [5, 5.41) is 3.54. The van der Waals surface area contributed by atoms with Gasteiger partial charge in [-0.15, -0.1) is 0 Å². The van der Waals surface area contributed by atoms with Crippen molar-refractivity contribution >= 4 is 0 Å². The molecular formula is C17H19N. The lowest BCUT2D eigenvalue weighted by molar-refractivity contribution is 0.688. The summed E-state index contributed by atoms with van der Waals surface area (Å²) in [4.78, 5) is 0. The van der Waals surface area contributed by atoms with Crippen LogP contribution in [0.15, 0.2) is 48.5 Å². The monoisotopic (exact) mass is 237 g/mol. The van der Waals surface area contributed by atoms with Crippen molar-refractivity contribution in [1.29, 1.82) is 0 Å². The van der Waals surface area contributed by atoms with E-state index in [1.54, 1.807) is 0 Å². The summed E-state index contributed by atoms with van der Waals surface area (Å²) >= 11 is 0. The summed E-state index contributed by atoms with van der Waals surface area (Å²) in [7, 11) is 0. The number of hydrogen-bond donors (Lipinski definition) is 1. The summed E-state index contributed by atoms with van der Waals surface area (Å²) < 4.78 is 0. The second kappa shape index (κ2) is 4.95. The second-order valence-corrected chi connectivity index (χ2v) is 5.22. The molecule has 18 heavy (non-hydrogen) atoms. The molecule has 0 bridgehead atoms. The molecular weight excluding hydrogens is 218 g/mol. The lowest BCUT2D eigenvalue weighted by atomic mass is 10.0. The van der Waals surface area contributed by atoms with Gasteiger partial charge in [-0.2, -0.15) is 0 Å². The van der Waals surface area contributed by atoms with Gasteiger partial charge in [0.05, 0.1) is 0 Å². The Balaban J connectivity index is 1.71. The quantitative estimate of drug-likeness (QED) is 0.850. The van der Waals surface area contributed by atoms with E-state index in [-0.39, 0.29) is 0 Å². The van der Waals surface area contributed by atoms with Gasteiger partial charge >= 0.3 is 0 Å². The molecule has 0 aliphatic heterocycles. The van der Waals surface area contributed by atoms with E-state index in [1.165, 1.54) is 35.1 Å². The van der Waals surface area contributed by atoms with Gasteiger partial charge in [-0.05, 0) is 36.5 Å². The first kappa shape index (κ1) is 11.5. The topological polar surface area (TPSA) is 12.0 Å². The van der Waals surface area contributed by atoms with Gasteiger partial charge in [0.15, 0.2) is 0 Å². The van der Waals surface area contributed by atoms with Crippen LogP contribution in [-0.2, 0) is 6.54 Å². The van der Waals surface area contributed by atoms with Crippen LogP contribution in [0.2, 0.25) is 0 Å². The highest BCUT2D eigenvalue weighted by atomic mass is 14.9. The average Bonchev–Trinajstić information content (AvgIpc) is 3.22. The Morgan fingerprint density at radius 1 is 0.889 bits per heavy atom. The fourth-order valence-electron chi connectivity index (χ4n) is 2.11. The smallest absolute Gasteiger partial charge is 0.0208 e. The zero-order chi connectivity index (χ0) is 12.4. The van der Waals surface area contributed by atoms with Gasteiger partial charge < -0.3 is 5.32 Å². The van der Waals surface area contributed by atoms with E-state index in [9.17, 15) is 0 Å². The van der Waals surface area contributed by atoms with Crippen molar-refractivity contribution in [2.75, 3.05) is 0 Å². The van der Waals surface area contributed by atoms with Crippen molar-refractivity contribution in [2.24, 2.45) is 0 Å². The molecule has 1 aliphatic carbocycles. The standard InChI is InChI=1S/C17H19N/c1-13-2-6-15(7-3-13)16-8-4-14(5-9-16)12-18-17-10-11-17/h2-9,17-18H,10-12H2,1H3. The summed E-state index contributed by atoms with van der Waals surface area (Å²) in [6, 6.07) is 18.4. The van der Waals surface area contributed by atoms with Crippen LogP contribution in [0.4, 0.5) is 0 Å². The van der Waals surface area contributed by atoms with E-state index in [0.29, 0.717) is 0 Å². The number of hydrogen-bond acceptors (Lipinski definition) is 1. The Morgan fingerprint density at radius 2 is 1.44 bits per heavy atom. The summed E-state index contributed by atoms with van der Waals surface area (Å²) in [6.45, 7) is 3.12. The van der Waals surface area contributed by atoms with Gasteiger partial charge in [0.1, 0.15) is 0 Å². The van der Waals surface area contributed by atoms with Gasteiger partial charge in [-0.1, -0.05) is 54.1 Å². The molecule has 1 nitrogen and oxygen atoms in total. The van der Waals surface area contributed by atoms with Crippen molar-refractivity contribution in [2.45, 2.75) is 32.4 Å². The Hall–Kier alpha value is -1.60. The number of nitrogens with one attached hydrogen (secondary N) is 1. The molecule has 2 aromatic carbocycles. The minimum atomic E-state index is 0.779. The van der Waals surface area contributed by atoms with Crippen LogP contribution in [0.5, 0.6) is 0 Å².